The molecule has 4 rings (SSSR count). The molecule has 3 fully saturated rings. The Labute approximate surface area is 154 Å². The van der Waals surface area contributed by atoms with Crippen molar-refractivity contribution in [3.8, 4) is 0 Å². The Balaban J connectivity index is 1.42. The number of nitrogens with zero attached hydrogens (tertiary/aromatic N) is 2. The van der Waals surface area contributed by atoms with E-state index < -0.39 is 0 Å². The summed E-state index contributed by atoms with van der Waals surface area (Å²) >= 11 is 0. The van der Waals surface area contributed by atoms with E-state index in [1.807, 2.05) is 0 Å². The van der Waals surface area contributed by atoms with Crippen LogP contribution >= 0.6 is 0 Å². The SMILES string of the molecule is C[C@H](CCN1CCN2CCC[C@@H]2[C@H]1C1CCCCC1)c1ccccc1. The first-order valence-electron chi connectivity index (χ1n) is 10.9. The lowest BCUT2D eigenvalue weighted by Gasteiger charge is -2.49. The predicted octanol–water partition coefficient (Wildman–Crippen LogP) is 4.91. The molecule has 2 saturated heterocycles. The highest BCUT2D eigenvalue weighted by atomic mass is 15.3. The molecule has 0 amide bonds. The van der Waals surface area contributed by atoms with E-state index in [0.717, 1.165) is 18.0 Å². The van der Waals surface area contributed by atoms with E-state index in [4.69, 9.17) is 0 Å². The maximum absolute atomic E-state index is 2.92. The van der Waals surface area contributed by atoms with Crippen LogP contribution in [-0.4, -0.2) is 48.1 Å². The van der Waals surface area contributed by atoms with Crippen LogP contribution in [0.1, 0.15) is 69.8 Å². The molecule has 0 spiro atoms. The zero-order valence-corrected chi connectivity index (χ0v) is 16.1. The fraction of sp³-hybridized carbons (Fsp3) is 0.739. The molecule has 2 heterocycles. The fourth-order valence-corrected chi connectivity index (χ4v) is 5.82. The molecule has 2 aliphatic heterocycles. The van der Waals surface area contributed by atoms with Crippen molar-refractivity contribution in [3.05, 3.63) is 35.9 Å². The second-order valence-corrected chi connectivity index (χ2v) is 8.77. The lowest BCUT2D eigenvalue weighted by molar-refractivity contribution is -0.0000914. The first kappa shape index (κ1) is 17.5. The molecule has 1 aliphatic carbocycles. The second kappa shape index (κ2) is 8.22. The molecule has 0 bridgehead atoms. The maximum atomic E-state index is 2.92. The van der Waals surface area contributed by atoms with Gasteiger partial charge >= 0.3 is 0 Å². The van der Waals surface area contributed by atoms with E-state index in [2.05, 4.69) is 47.1 Å². The molecule has 0 N–H and O–H groups in total. The van der Waals surface area contributed by atoms with Gasteiger partial charge in [-0.2, -0.15) is 0 Å². The molecule has 2 heteroatoms. The number of benzene rings is 1. The summed E-state index contributed by atoms with van der Waals surface area (Å²) in [5.41, 5.74) is 1.51. The van der Waals surface area contributed by atoms with Crippen LogP contribution in [0.4, 0.5) is 0 Å². The van der Waals surface area contributed by atoms with E-state index in [0.29, 0.717) is 5.92 Å². The smallest absolute Gasteiger partial charge is 0.0280 e. The van der Waals surface area contributed by atoms with Crippen molar-refractivity contribution in [2.24, 2.45) is 5.92 Å². The van der Waals surface area contributed by atoms with E-state index in [1.54, 1.807) is 0 Å². The number of hydrogen-bond acceptors (Lipinski definition) is 2. The van der Waals surface area contributed by atoms with Crippen LogP contribution in [0.25, 0.3) is 0 Å². The minimum Gasteiger partial charge on any atom is -0.298 e. The van der Waals surface area contributed by atoms with Gasteiger partial charge in [0.05, 0.1) is 0 Å². The van der Waals surface area contributed by atoms with Gasteiger partial charge < -0.3 is 0 Å². The summed E-state index contributed by atoms with van der Waals surface area (Å²) < 4.78 is 0. The lowest BCUT2D eigenvalue weighted by Crippen LogP contribution is -2.60. The minimum atomic E-state index is 0.676. The summed E-state index contributed by atoms with van der Waals surface area (Å²) in [5.74, 6) is 1.64. The van der Waals surface area contributed by atoms with E-state index in [-0.39, 0.29) is 0 Å². The third kappa shape index (κ3) is 3.95. The zero-order valence-electron chi connectivity index (χ0n) is 16.1. The Bertz CT molecular complexity index is 522. The Morgan fingerprint density at radius 2 is 1.72 bits per heavy atom. The molecule has 1 saturated carbocycles. The first-order valence-corrected chi connectivity index (χ1v) is 10.9. The van der Waals surface area contributed by atoms with Gasteiger partial charge in [-0.1, -0.05) is 56.5 Å². The summed E-state index contributed by atoms with van der Waals surface area (Å²) in [6, 6.07) is 12.8. The van der Waals surface area contributed by atoms with Gasteiger partial charge in [-0.25, -0.2) is 0 Å². The Morgan fingerprint density at radius 3 is 2.52 bits per heavy atom. The molecule has 1 aromatic carbocycles. The van der Waals surface area contributed by atoms with Crippen LogP contribution in [0.2, 0.25) is 0 Å². The molecule has 0 unspecified atom stereocenters. The van der Waals surface area contributed by atoms with Crippen molar-refractivity contribution >= 4 is 0 Å². The summed E-state index contributed by atoms with van der Waals surface area (Å²) in [7, 11) is 0. The highest BCUT2D eigenvalue weighted by Gasteiger charge is 2.42. The Kier molecular flexibility index (Phi) is 5.77. The number of rotatable bonds is 5. The number of hydrogen-bond donors (Lipinski definition) is 0. The van der Waals surface area contributed by atoms with Crippen molar-refractivity contribution in [2.45, 2.75) is 76.3 Å². The van der Waals surface area contributed by atoms with Crippen LogP contribution in [0, 0.1) is 5.92 Å². The van der Waals surface area contributed by atoms with Crippen molar-refractivity contribution in [1.29, 1.82) is 0 Å². The molecule has 25 heavy (non-hydrogen) atoms. The van der Waals surface area contributed by atoms with Gasteiger partial charge in [0.2, 0.25) is 0 Å². The summed E-state index contributed by atoms with van der Waals surface area (Å²) in [4.78, 5) is 5.75. The highest BCUT2D eigenvalue weighted by molar-refractivity contribution is 5.18. The fourth-order valence-electron chi connectivity index (χ4n) is 5.82. The van der Waals surface area contributed by atoms with Gasteiger partial charge in [0, 0.05) is 25.2 Å². The second-order valence-electron chi connectivity index (χ2n) is 8.77. The van der Waals surface area contributed by atoms with Crippen molar-refractivity contribution < 1.29 is 0 Å². The van der Waals surface area contributed by atoms with Crippen molar-refractivity contribution in [3.63, 3.8) is 0 Å². The van der Waals surface area contributed by atoms with Gasteiger partial charge in [-0.3, -0.25) is 9.80 Å². The van der Waals surface area contributed by atoms with Gasteiger partial charge in [-0.15, -0.1) is 0 Å². The average Bonchev–Trinajstić information content (AvgIpc) is 3.15. The number of fused-ring (bicyclic) bond motifs is 1. The van der Waals surface area contributed by atoms with Gasteiger partial charge in [0.1, 0.15) is 0 Å². The van der Waals surface area contributed by atoms with Crippen LogP contribution in [0.15, 0.2) is 30.3 Å². The topological polar surface area (TPSA) is 6.48 Å². The summed E-state index contributed by atoms with van der Waals surface area (Å²) in [6.45, 7) is 7.69. The molecule has 2 nitrogen and oxygen atoms in total. The Morgan fingerprint density at radius 1 is 0.920 bits per heavy atom. The first-order chi connectivity index (χ1) is 12.3. The molecule has 138 valence electrons. The number of piperazine rings is 1. The highest BCUT2D eigenvalue weighted by Crippen LogP contribution is 2.37. The molecular weight excluding hydrogens is 304 g/mol. The third-order valence-corrected chi connectivity index (χ3v) is 7.26. The zero-order chi connectivity index (χ0) is 17.1. The molecular formula is C23H36N2. The van der Waals surface area contributed by atoms with Crippen molar-refractivity contribution in [2.75, 3.05) is 26.2 Å². The van der Waals surface area contributed by atoms with Crippen LogP contribution < -0.4 is 0 Å². The van der Waals surface area contributed by atoms with E-state index in [9.17, 15) is 0 Å². The average molecular weight is 341 g/mol. The van der Waals surface area contributed by atoms with E-state index >= 15 is 0 Å². The maximum Gasteiger partial charge on any atom is 0.0280 e. The lowest BCUT2D eigenvalue weighted by atomic mass is 9.78. The van der Waals surface area contributed by atoms with Crippen LogP contribution in [0.5, 0.6) is 0 Å². The van der Waals surface area contributed by atoms with Gasteiger partial charge in [-0.05, 0) is 62.6 Å². The Hall–Kier alpha value is -0.860. The van der Waals surface area contributed by atoms with Gasteiger partial charge in [0.25, 0.3) is 0 Å². The van der Waals surface area contributed by atoms with Crippen LogP contribution in [-0.2, 0) is 0 Å². The van der Waals surface area contributed by atoms with Crippen molar-refractivity contribution in [1.82, 2.24) is 9.80 Å². The standard InChI is InChI=1S/C23H36N2/c1-19(20-9-4-2-5-10-20)14-16-25-18-17-24-15-8-13-22(24)23(25)21-11-6-3-7-12-21/h2,4-5,9-10,19,21-23H,3,6-8,11-18H2,1H3/t19-,22-,23-/m1/s1. The van der Waals surface area contributed by atoms with Crippen LogP contribution in [0.3, 0.4) is 0 Å². The molecule has 3 atom stereocenters. The molecule has 0 aromatic heterocycles. The normalized spacial score (nSPS) is 30.3. The molecule has 1 aromatic rings. The quantitative estimate of drug-likeness (QED) is 0.751. The summed E-state index contributed by atoms with van der Waals surface area (Å²) in [5, 5.41) is 0. The summed E-state index contributed by atoms with van der Waals surface area (Å²) in [6.07, 6.45) is 11.6. The predicted molar refractivity (Wildman–Crippen MR) is 106 cm³/mol. The van der Waals surface area contributed by atoms with Gasteiger partial charge in [0.15, 0.2) is 0 Å². The molecule has 0 radical (unpaired) electrons. The monoisotopic (exact) mass is 340 g/mol. The molecule has 3 aliphatic rings. The minimum absolute atomic E-state index is 0.676. The third-order valence-electron chi connectivity index (χ3n) is 7.26. The van der Waals surface area contributed by atoms with E-state index in [1.165, 1.54) is 83.1 Å². The largest absolute Gasteiger partial charge is 0.298 e.